The Morgan fingerprint density at radius 2 is 1.76 bits per heavy atom. The van der Waals surface area contributed by atoms with E-state index >= 15 is 0 Å². The fourth-order valence-electron chi connectivity index (χ4n) is 3.89. The summed E-state index contributed by atoms with van der Waals surface area (Å²) in [6, 6.07) is 19.9. The van der Waals surface area contributed by atoms with Gasteiger partial charge in [-0.15, -0.1) is 0 Å². The van der Waals surface area contributed by atoms with Gasteiger partial charge in [0, 0.05) is 45.8 Å². The molecule has 0 saturated carbocycles. The van der Waals surface area contributed by atoms with Crippen molar-refractivity contribution in [3.8, 4) is 5.75 Å². The van der Waals surface area contributed by atoms with Crippen LogP contribution in [-0.4, -0.2) is 66.9 Å². The molecule has 0 unspecified atom stereocenters. The molecule has 1 amide bonds. The van der Waals surface area contributed by atoms with E-state index in [2.05, 4.69) is 33.1 Å². The summed E-state index contributed by atoms with van der Waals surface area (Å²) < 4.78 is 5.48. The van der Waals surface area contributed by atoms with Gasteiger partial charge in [-0.3, -0.25) is 4.79 Å². The molecule has 2 heterocycles. The number of thioether (sulfide) groups is 1. The number of piperazine rings is 1. The van der Waals surface area contributed by atoms with Crippen molar-refractivity contribution in [3.05, 3.63) is 71.4 Å². The standard InChI is InChI=1S/C25H28ClN5O2S/c1-29(17-19-8-4-3-5-9-19)23-16-22(26)27-25(28-23)34-18-24(32)31-14-12-30(13-15-31)20-10-6-7-11-21(20)33-2/h3-11,16H,12-15,17-18H2,1-2H3. The van der Waals surface area contributed by atoms with Gasteiger partial charge in [0.05, 0.1) is 18.6 Å². The van der Waals surface area contributed by atoms with E-state index < -0.39 is 0 Å². The molecule has 2 aromatic carbocycles. The monoisotopic (exact) mass is 497 g/mol. The quantitative estimate of drug-likeness (QED) is 0.262. The summed E-state index contributed by atoms with van der Waals surface area (Å²) in [5.74, 6) is 1.93. The molecule has 0 N–H and O–H groups in total. The van der Waals surface area contributed by atoms with Gasteiger partial charge in [0.15, 0.2) is 5.16 Å². The van der Waals surface area contributed by atoms with Crippen LogP contribution in [0.4, 0.5) is 11.5 Å². The molecule has 0 spiro atoms. The predicted octanol–water partition coefficient (Wildman–Crippen LogP) is 4.22. The number of rotatable bonds is 8. The maximum absolute atomic E-state index is 12.8. The van der Waals surface area contributed by atoms with E-state index in [0.29, 0.717) is 29.9 Å². The lowest BCUT2D eigenvalue weighted by Crippen LogP contribution is -2.49. The van der Waals surface area contributed by atoms with Crippen LogP contribution >= 0.6 is 23.4 Å². The predicted molar refractivity (Wildman–Crippen MR) is 138 cm³/mol. The van der Waals surface area contributed by atoms with Crippen LogP contribution in [0.5, 0.6) is 5.75 Å². The Labute approximate surface area is 209 Å². The number of methoxy groups -OCH3 is 1. The molecule has 1 saturated heterocycles. The molecule has 0 radical (unpaired) electrons. The van der Waals surface area contributed by atoms with Gasteiger partial charge in [-0.1, -0.05) is 65.8 Å². The average Bonchev–Trinajstić information content (AvgIpc) is 2.87. The number of anilines is 2. The number of aromatic nitrogens is 2. The van der Waals surface area contributed by atoms with Gasteiger partial charge in [0.2, 0.25) is 5.91 Å². The third-order valence-electron chi connectivity index (χ3n) is 5.70. The largest absolute Gasteiger partial charge is 0.495 e. The van der Waals surface area contributed by atoms with E-state index in [1.54, 1.807) is 13.2 Å². The van der Waals surface area contributed by atoms with Crippen LogP contribution in [0.3, 0.4) is 0 Å². The van der Waals surface area contributed by atoms with Crippen molar-refractivity contribution < 1.29 is 9.53 Å². The van der Waals surface area contributed by atoms with Crippen molar-refractivity contribution in [3.63, 3.8) is 0 Å². The van der Waals surface area contributed by atoms with Crippen LogP contribution in [0.1, 0.15) is 5.56 Å². The first kappa shape index (κ1) is 24.2. The zero-order valence-electron chi connectivity index (χ0n) is 19.4. The fourth-order valence-corrected chi connectivity index (χ4v) is 4.87. The normalized spacial score (nSPS) is 13.6. The van der Waals surface area contributed by atoms with Crippen LogP contribution < -0.4 is 14.5 Å². The van der Waals surface area contributed by atoms with E-state index in [-0.39, 0.29) is 11.7 Å². The van der Waals surface area contributed by atoms with E-state index in [1.165, 1.54) is 17.3 Å². The lowest BCUT2D eigenvalue weighted by molar-refractivity contribution is -0.128. The maximum atomic E-state index is 12.8. The molecule has 0 aliphatic carbocycles. The van der Waals surface area contributed by atoms with Crippen molar-refractivity contribution in [2.75, 3.05) is 55.9 Å². The second-order valence-corrected chi connectivity index (χ2v) is 9.33. The Kier molecular flexibility index (Phi) is 8.13. The number of halogens is 1. The number of carbonyl (C=O) groups is 1. The number of para-hydroxylation sites is 2. The third-order valence-corrected chi connectivity index (χ3v) is 6.72. The highest BCUT2D eigenvalue weighted by Gasteiger charge is 2.23. The SMILES string of the molecule is COc1ccccc1N1CCN(C(=O)CSc2nc(Cl)cc(N(C)Cc3ccccc3)n2)CC1. The summed E-state index contributed by atoms with van der Waals surface area (Å²) in [6.07, 6.45) is 0. The summed E-state index contributed by atoms with van der Waals surface area (Å²) in [5.41, 5.74) is 2.24. The van der Waals surface area contributed by atoms with Gasteiger partial charge in [-0.2, -0.15) is 0 Å². The second kappa shape index (κ2) is 11.4. The molecule has 1 aliphatic rings. The first-order chi connectivity index (χ1) is 16.5. The molecule has 3 aromatic rings. The number of ether oxygens (including phenoxy) is 1. The highest BCUT2D eigenvalue weighted by molar-refractivity contribution is 7.99. The second-order valence-electron chi connectivity index (χ2n) is 8.00. The first-order valence-electron chi connectivity index (χ1n) is 11.1. The number of hydrogen-bond donors (Lipinski definition) is 0. The first-order valence-corrected chi connectivity index (χ1v) is 12.5. The minimum Gasteiger partial charge on any atom is -0.495 e. The lowest BCUT2D eigenvalue weighted by atomic mass is 10.2. The van der Waals surface area contributed by atoms with Crippen LogP contribution in [0.15, 0.2) is 65.8 Å². The molecule has 4 rings (SSSR count). The number of nitrogens with zero attached hydrogens (tertiary/aromatic N) is 5. The Balaban J connectivity index is 1.32. The number of hydrogen-bond acceptors (Lipinski definition) is 7. The average molecular weight is 498 g/mol. The molecule has 1 aromatic heterocycles. The number of benzene rings is 2. The van der Waals surface area contributed by atoms with E-state index in [9.17, 15) is 4.79 Å². The smallest absolute Gasteiger partial charge is 0.233 e. The molecule has 1 aliphatic heterocycles. The minimum absolute atomic E-state index is 0.0763. The summed E-state index contributed by atoms with van der Waals surface area (Å²) in [7, 11) is 3.64. The molecule has 1 fully saturated rings. The van der Waals surface area contributed by atoms with Gasteiger partial charge < -0.3 is 19.4 Å². The highest BCUT2D eigenvalue weighted by Crippen LogP contribution is 2.28. The third kappa shape index (κ3) is 6.12. The van der Waals surface area contributed by atoms with E-state index in [0.717, 1.165) is 30.3 Å². The van der Waals surface area contributed by atoms with Gasteiger partial charge in [0.25, 0.3) is 0 Å². The Morgan fingerprint density at radius 1 is 1.06 bits per heavy atom. The Hall–Kier alpha value is -2.97. The van der Waals surface area contributed by atoms with Crippen molar-refractivity contribution in [1.29, 1.82) is 0 Å². The Morgan fingerprint density at radius 3 is 2.50 bits per heavy atom. The zero-order chi connectivity index (χ0) is 23.9. The number of amides is 1. The van der Waals surface area contributed by atoms with Gasteiger partial charge in [-0.25, -0.2) is 9.97 Å². The summed E-state index contributed by atoms with van der Waals surface area (Å²) in [5, 5.41) is 0.869. The molecule has 0 bridgehead atoms. The summed E-state index contributed by atoms with van der Waals surface area (Å²) in [6.45, 7) is 3.56. The van der Waals surface area contributed by atoms with E-state index in [1.807, 2.05) is 53.2 Å². The van der Waals surface area contributed by atoms with E-state index in [4.69, 9.17) is 16.3 Å². The zero-order valence-corrected chi connectivity index (χ0v) is 20.9. The van der Waals surface area contributed by atoms with Crippen LogP contribution in [0.2, 0.25) is 5.15 Å². The molecular formula is C25H28ClN5O2S. The van der Waals surface area contributed by atoms with Crippen molar-refractivity contribution in [2.24, 2.45) is 0 Å². The molecule has 34 heavy (non-hydrogen) atoms. The lowest BCUT2D eigenvalue weighted by Gasteiger charge is -2.36. The van der Waals surface area contributed by atoms with Crippen LogP contribution in [-0.2, 0) is 11.3 Å². The van der Waals surface area contributed by atoms with Crippen molar-refractivity contribution in [2.45, 2.75) is 11.7 Å². The van der Waals surface area contributed by atoms with Gasteiger partial charge in [0.1, 0.15) is 16.7 Å². The maximum Gasteiger partial charge on any atom is 0.233 e. The molecular weight excluding hydrogens is 470 g/mol. The van der Waals surface area contributed by atoms with Gasteiger partial charge >= 0.3 is 0 Å². The highest BCUT2D eigenvalue weighted by atomic mass is 35.5. The summed E-state index contributed by atoms with van der Waals surface area (Å²) >= 11 is 7.58. The molecule has 9 heteroatoms. The summed E-state index contributed by atoms with van der Waals surface area (Å²) in [4.78, 5) is 27.9. The van der Waals surface area contributed by atoms with Crippen molar-refractivity contribution >= 4 is 40.8 Å². The fraction of sp³-hybridized carbons (Fsp3) is 0.320. The minimum atomic E-state index is 0.0763. The molecule has 178 valence electrons. The topological polar surface area (TPSA) is 61.8 Å². The van der Waals surface area contributed by atoms with Crippen LogP contribution in [0, 0.1) is 0 Å². The van der Waals surface area contributed by atoms with Crippen molar-refractivity contribution in [1.82, 2.24) is 14.9 Å². The van der Waals surface area contributed by atoms with Crippen LogP contribution in [0.25, 0.3) is 0 Å². The van der Waals surface area contributed by atoms with Gasteiger partial charge in [-0.05, 0) is 17.7 Å². The molecule has 0 atom stereocenters. The number of carbonyl (C=O) groups excluding carboxylic acids is 1. The molecule has 7 nitrogen and oxygen atoms in total. The Bertz CT molecular complexity index is 1110.